The highest BCUT2D eigenvalue weighted by Gasteiger charge is 2.39. The molecule has 0 bridgehead atoms. The van der Waals surface area contributed by atoms with Crippen molar-refractivity contribution in [2.24, 2.45) is 23.2 Å². The van der Waals surface area contributed by atoms with E-state index in [1.807, 2.05) is 13.8 Å². The smallest absolute Gasteiger partial charge is 0.309 e. The first-order chi connectivity index (χ1) is 11.7. The minimum Gasteiger partial charge on any atom is -0.466 e. The molecule has 0 N–H and O–H groups in total. The molecule has 0 aromatic heterocycles. The summed E-state index contributed by atoms with van der Waals surface area (Å²) in [5.41, 5.74) is -0.640. The summed E-state index contributed by atoms with van der Waals surface area (Å²) < 4.78 is 10.1. The van der Waals surface area contributed by atoms with E-state index >= 15 is 0 Å². The largest absolute Gasteiger partial charge is 0.466 e. The third-order valence-corrected chi connectivity index (χ3v) is 4.68. The van der Waals surface area contributed by atoms with E-state index < -0.39 is 23.3 Å². The first-order valence-electron chi connectivity index (χ1n) is 9.45. The molecule has 0 fully saturated rings. The number of hydrogen-bond donors (Lipinski definition) is 0. The predicted molar refractivity (Wildman–Crippen MR) is 97.6 cm³/mol. The van der Waals surface area contributed by atoms with Gasteiger partial charge in [0.05, 0.1) is 37.0 Å². The number of carbonyl (C=O) groups excluding carboxylic acids is 2. The van der Waals surface area contributed by atoms with Crippen molar-refractivity contribution in [3.05, 3.63) is 0 Å². The second-order valence-electron chi connectivity index (χ2n) is 7.37. The van der Waals surface area contributed by atoms with Gasteiger partial charge in [-0.15, -0.1) is 0 Å². The van der Waals surface area contributed by atoms with E-state index in [4.69, 9.17) is 9.47 Å². The van der Waals surface area contributed by atoms with E-state index in [-0.39, 0.29) is 25.6 Å². The van der Waals surface area contributed by atoms with Gasteiger partial charge in [-0.3, -0.25) is 9.59 Å². The first kappa shape index (κ1) is 23.4. The predicted octanol–water partition coefficient (Wildman–Crippen LogP) is 4.50. The molecule has 25 heavy (non-hydrogen) atoms. The lowest BCUT2D eigenvalue weighted by molar-refractivity contribution is -0.156. The van der Waals surface area contributed by atoms with Crippen molar-refractivity contribution in [1.82, 2.24) is 0 Å². The quantitative estimate of drug-likeness (QED) is 0.483. The molecule has 5 heteroatoms. The summed E-state index contributed by atoms with van der Waals surface area (Å²) >= 11 is 0. The van der Waals surface area contributed by atoms with Gasteiger partial charge in [-0.1, -0.05) is 40.5 Å². The van der Waals surface area contributed by atoms with Crippen LogP contribution in [-0.2, 0) is 19.1 Å². The van der Waals surface area contributed by atoms with E-state index in [0.29, 0.717) is 12.3 Å². The van der Waals surface area contributed by atoms with Gasteiger partial charge in [0.15, 0.2) is 0 Å². The highest BCUT2D eigenvalue weighted by atomic mass is 16.5. The summed E-state index contributed by atoms with van der Waals surface area (Å²) in [5.74, 6) is -0.814. The van der Waals surface area contributed by atoms with Gasteiger partial charge in [-0.25, -0.2) is 0 Å². The van der Waals surface area contributed by atoms with Crippen LogP contribution in [0.15, 0.2) is 0 Å². The van der Waals surface area contributed by atoms with Crippen molar-refractivity contribution >= 4 is 11.9 Å². The Labute approximate surface area is 153 Å². The lowest BCUT2D eigenvalue weighted by atomic mass is 9.68. The molecular formula is C20H35NO4. The molecule has 5 nitrogen and oxygen atoms in total. The minimum absolute atomic E-state index is 0.0347. The Morgan fingerprint density at radius 2 is 1.68 bits per heavy atom. The second kappa shape index (κ2) is 11.9. The van der Waals surface area contributed by atoms with Crippen LogP contribution < -0.4 is 0 Å². The van der Waals surface area contributed by atoms with E-state index in [1.165, 1.54) is 0 Å². The zero-order valence-corrected chi connectivity index (χ0v) is 16.8. The number of hydrogen-bond acceptors (Lipinski definition) is 5. The summed E-state index contributed by atoms with van der Waals surface area (Å²) in [4.78, 5) is 24.2. The normalized spacial score (nSPS) is 14.7. The van der Waals surface area contributed by atoms with Crippen LogP contribution in [-0.4, -0.2) is 25.2 Å². The average molecular weight is 354 g/mol. The number of carbonyl (C=O) groups is 2. The van der Waals surface area contributed by atoms with Crippen LogP contribution in [0, 0.1) is 34.5 Å². The molecule has 2 atom stereocenters. The Hall–Kier alpha value is -1.57. The van der Waals surface area contributed by atoms with Crippen LogP contribution in [0.25, 0.3) is 0 Å². The van der Waals surface area contributed by atoms with Gasteiger partial charge in [-0.05, 0) is 38.5 Å². The summed E-state index contributed by atoms with van der Waals surface area (Å²) in [6.07, 6.45) is 2.98. The van der Waals surface area contributed by atoms with Crippen molar-refractivity contribution in [2.45, 2.75) is 73.6 Å². The molecule has 0 amide bonds. The lowest BCUT2D eigenvalue weighted by Gasteiger charge is -2.33. The van der Waals surface area contributed by atoms with Gasteiger partial charge in [0.1, 0.15) is 0 Å². The zero-order valence-electron chi connectivity index (χ0n) is 16.8. The molecule has 0 aromatic rings. The maximum absolute atomic E-state index is 12.3. The molecule has 0 heterocycles. The highest BCUT2D eigenvalue weighted by Crippen LogP contribution is 2.40. The summed E-state index contributed by atoms with van der Waals surface area (Å²) in [5, 5.41) is 9.89. The van der Waals surface area contributed by atoms with Crippen molar-refractivity contribution in [1.29, 1.82) is 5.26 Å². The molecule has 144 valence electrons. The van der Waals surface area contributed by atoms with Crippen LogP contribution in [0.5, 0.6) is 0 Å². The molecule has 0 spiro atoms. The number of ether oxygens (including phenoxy) is 2. The van der Waals surface area contributed by atoms with Crippen molar-refractivity contribution in [3.63, 3.8) is 0 Å². The topological polar surface area (TPSA) is 76.4 Å². The van der Waals surface area contributed by atoms with Crippen molar-refractivity contribution < 1.29 is 19.1 Å². The fraction of sp³-hybridized carbons (Fsp3) is 0.850. The SMILES string of the molecule is CCOC(=O)CC(CC(C#N)(CCCC(C)C)C(C)C)C(=O)OCC. The number of esters is 2. The molecule has 0 radical (unpaired) electrons. The second-order valence-corrected chi connectivity index (χ2v) is 7.37. The van der Waals surface area contributed by atoms with Crippen LogP contribution in [0.1, 0.15) is 73.6 Å². The lowest BCUT2D eigenvalue weighted by Crippen LogP contribution is -2.33. The third-order valence-electron chi connectivity index (χ3n) is 4.68. The summed E-state index contributed by atoms with van der Waals surface area (Å²) in [7, 11) is 0. The summed E-state index contributed by atoms with van der Waals surface area (Å²) in [6.45, 7) is 12.3. The standard InChI is InChI=1S/C20H35NO4/c1-7-24-18(22)12-17(19(23)25-8-2)13-20(14-21,16(5)6)11-9-10-15(3)4/h15-17H,7-13H2,1-6H3. The van der Waals surface area contributed by atoms with E-state index in [1.54, 1.807) is 13.8 Å². The molecule has 0 aliphatic heterocycles. The molecule has 0 rings (SSSR count). The maximum atomic E-state index is 12.3. The van der Waals surface area contributed by atoms with Gasteiger partial charge in [0.2, 0.25) is 0 Å². The van der Waals surface area contributed by atoms with Crippen LogP contribution >= 0.6 is 0 Å². The molecule has 0 saturated carbocycles. The Kier molecular flexibility index (Phi) is 11.1. The van der Waals surface area contributed by atoms with Gasteiger partial charge >= 0.3 is 11.9 Å². The van der Waals surface area contributed by atoms with Gasteiger partial charge in [0.25, 0.3) is 0 Å². The maximum Gasteiger partial charge on any atom is 0.309 e. The fourth-order valence-corrected chi connectivity index (χ4v) is 3.04. The van der Waals surface area contributed by atoms with Crippen LogP contribution in [0.3, 0.4) is 0 Å². The third kappa shape index (κ3) is 8.38. The molecule has 0 aromatic carbocycles. The number of nitrogens with zero attached hydrogens (tertiary/aromatic N) is 1. The zero-order chi connectivity index (χ0) is 19.5. The van der Waals surface area contributed by atoms with Gasteiger partial charge < -0.3 is 9.47 Å². The first-order valence-corrected chi connectivity index (χ1v) is 9.45. The molecule has 2 unspecified atom stereocenters. The molecule has 0 aliphatic rings. The Bertz CT molecular complexity index is 453. The molecule has 0 saturated heterocycles. The number of rotatable bonds is 12. The monoisotopic (exact) mass is 353 g/mol. The molecule has 0 aliphatic carbocycles. The minimum atomic E-state index is -0.640. The fourth-order valence-electron chi connectivity index (χ4n) is 3.04. The van der Waals surface area contributed by atoms with Crippen molar-refractivity contribution in [3.8, 4) is 6.07 Å². The summed E-state index contributed by atoms with van der Waals surface area (Å²) in [6, 6.07) is 2.46. The van der Waals surface area contributed by atoms with Gasteiger partial charge in [-0.2, -0.15) is 5.26 Å². The Morgan fingerprint density at radius 1 is 1.08 bits per heavy atom. The average Bonchev–Trinajstić information content (AvgIpc) is 2.52. The van der Waals surface area contributed by atoms with E-state index in [0.717, 1.165) is 19.3 Å². The van der Waals surface area contributed by atoms with Crippen LogP contribution in [0.2, 0.25) is 0 Å². The van der Waals surface area contributed by atoms with Crippen LogP contribution in [0.4, 0.5) is 0 Å². The number of nitriles is 1. The van der Waals surface area contributed by atoms with Gasteiger partial charge in [0, 0.05) is 0 Å². The van der Waals surface area contributed by atoms with Crippen molar-refractivity contribution in [2.75, 3.05) is 13.2 Å². The molecular weight excluding hydrogens is 318 g/mol. The Morgan fingerprint density at radius 3 is 2.12 bits per heavy atom. The van der Waals surface area contributed by atoms with E-state index in [9.17, 15) is 14.9 Å². The van der Waals surface area contributed by atoms with E-state index in [2.05, 4.69) is 19.9 Å². The highest BCUT2D eigenvalue weighted by molar-refractivity contribution is 5.80. The Balaban J connectivity index is 5.31.